The third kappa shape index (κ3) is 3.97. The van der Waals surface area contributed by atoms with Gasteiger partial charge in [0.05, 0.1) is 0 Å². The van der Waals surface area contributed by atoms with E-state index in [1.165, 1.54) is 17.5 Å². The highest BCUT2D eigenvalue weighted by molar-refractivity contribution is 5.96. The molecule has 1 amide bonds. The number of ether oxygens (including phenoxy) is 2. The predicted molar refractivity (Wildman–Crippen MR) is 102 cm³/mol. The van der Waals surface area contributed by atoms with Crippen LogP contribution in [0.2, 0.25) is 0 Å². The molecule has 2 aromatic rings. The van der Waals surface area contributed by atoms with E-state index in [0.29, 0.717) is 12.3 Å². The first-order chi connectivity index (χ1) is 13.2. The molecule has 0 bridgehead atoms. The highest BCUT2D eigenvalue weighted by Gasteiger charge is 2.23. The molecule has 27 heavy (non-hydrogen) atoms. The zero-order valence-electron chi connectivity index (χ0n) is 15.3. The van der Waals surface area contributed by atoms with Gasteiger partial charge in [0, 0.05) is 12.2 Å². The molecule has 1 aliphatic heterocycles. The van der Waals surface area contributed by atoms with E-state index in [-0.39, 0.29) is 19.1 Å². The molecule has 1 aliphatic carbocycles. The van der Waals surface area contributed by atoms with Crippen molar-refractivity contribution >= 4 is 17.6 Å². The molecule has 0 saturated carbocycles. The van der Waals surface area contributed by atoms with Gasteiger partial charge in [-0.25, -0.2) is 4.79 Å². The summed E-state index contributed by atoms with van der Waals surface area (Å²) >= 11 is 0. The average molecular weight is 365 g/mol. The fourth-order valence-electron chi connectivity index (χ4n) is 3.83. The summed E-state index contributed by atoms with van der Waals surface area (Å²) in [6.45, 7) is 0.197. The number of para-hydroxylation sites is 1. The number of aryl methyl sites for hydroxylation is 3. The first kappa shape index (κ1) is 17.6. The van der Waals surface area contributed by atoms with Crippen molar-refractivity contribution in [1.82, 2.24) is 0 Å². The Labute approximate surface area is 158 Å². The number of fused-ring (bicyclic) bond motifs is 2. The Morgan fingerprint density at radius 1 is 0.889 bits per heavy atom. The van der Waals surface area contributed by atoms with Crippen molar-refractivity contribution in [3.8, 4) is 5.75 Å². The maximum atomic E-state index is 12.5. The van der Waals surface area contributed by atoms with Gasteiger partial charge < -0.3 is 14.4 Å². The molecule has 0 atom stereocenters. The Morgan fingerprint density at radius 3 is 2.63 bits per heavy atom. The van der Waals surface area contributed by atoms with Crippen molar-refractivity contribution in [2.45, 2.75) is 32.1 Å². The Balaban J connectivity index is 1.28. The number of hydrogen-bond donors (Lipinski definition) is 0. The number of carbonyl (C=O) groups is 2. The molecule has 5 heteroatoms. The summed E-state index contributed by atoms with van der Waals surface area (Å²) in [6.07, 6.45) is 5.22. The standard InChI is InChI=1S/C22H23NO4/c24-21(23-12-4-8-17-5-1-2-9-20(17)23)14-27-22(25)15-26-19-11-10-16-6-3-7-18(16)13-19/h1-2,5,9-11,13H,3-4,6-8,12,14-15H2. The van der Waals surface area contributed by atoms with Gasteiger partial charge in [0.2, 0.25) is 0 Å². The van der Waals surface area contributed by atoms with Gasteiger partial charge in [0.25, 0.3) is 5.91 Å². The Bertz CT molecular complexity index is 861. The average Bonchev–Trinajstić information content (AvgIpc) is 3.18. The third-order valence-electron chi connectivity index (χ3n) is 5.19. The van der Waals surface area contributed by atoms with Crippen molar-refractivity contribution in [1.29, 1.82) is 0 Å². The fourth-order valence-corrected chi connectivity index (χ4v) is 3.83. The minimum Gasteiger partial charge on any atom is -0.482 e. The largest absolute Gasteiger partial charge is 0.482 e. The molecule has 1 heterocycles. The van der Waals surface area contributed by atoms with E-state index in [4.69, 9.17) is 9.47 Å². The zero-order chi connectivity index (χ0) is 18.6. The molecule has 0 aromatic heterocycles. The molecule has 0 radical (unpaired) electrons. The number of esters is 1. The van der Waals surface area contributed by atoms with Crippen LogP contribution >= 0.6 is 0 Å². The van der Waals surface area contributed by atoms with Gasteiger partial charge in [-0.1, -0.05) is 24.3 Å². The van der Waals surface area contributed by atoms with Crippen molar-refractivity contribution in [3.05, 3.63) is 59.2 Å². The van der Waals surface area contributed by atoms with Crippen LogP contribution in [0.25, 0.3) is 0 Å². The molecule has 0 fully saturated rings. The van der Waals surface area contributed by atoms with Crippen LogP contribution in [0.5, 0.6) is 5.75 Å². The van der Waals surface area contributed by atoms with Gasteiger partial charge in [0.1, 0.15) is 5.75 Å². The van der Waals surface area contributed by atoms with Crippen molar-refractivity contribution in [3.63, 3.8) is 0 Å². The Morgan fingerprint density at radius 2 is 1.70 bits per heavy atom. The van der Waals surface area contributed by atoms with Crippen molar-refractivity contribution < 1.29 is 19.1 Å². The van der Waals surface area contributed by atoms with Crippen LogP contribution in [-0.2, 0) is 33.6 Å². The van der Waals surface area contributed by atoms with Crippen molar-refractivity contribution in [2.24, 2.45) is 0 Å². The maximum Gasteiger partial charge on any atom is 0.344 e. The monoisotopic (exact) mass is 365 g/mol. The SMILES string of the molecule is O=C(COc1ccc2c(c1)CCC2)OCC(=O)N1CCCc2ccccc21. The second-order valence-electron chi connectivity index (χ2n) is 7.01. The summed E-state index contributed by atoms with van der Waals surface area (Å²) in [4.78, 5) is 26.1. The van der Waals surface area contributed by atoms with Gasteiger partial charge in [-0.05, 0) is 67.0 Å². The topological polar surface area (TPSA) is 55.8 Å². The zero-order valence-corrected chi connectivity index (χ0v) is 15.3. The second-order valence-corrected chi connectivity index (χ2v) is 7.01. The van der Waals surface area contributed by atoms with E-state index >= 15 is 0 Å². The van der Waals surface area contributed by atoms with Crippen LogP contribution in [0.15, 0.2) is 42.5 Å². The van der Waals surface area contributed by atoms with Crippen LogP contribution in [0, 0.1) is 0 Å². The molecule has 140 valence electrons. The van der Waals surface area contributed by atoms with Crippen LogP contribution in [0.1, 0.15) is 29.5 Å². The smallest absolute Gasteiger partial charge is 0.344 e. The lowest BCUT2D eigenvalue weighted by Gasteiger charge is -2.29. The van der Waals surface area contributed by atoms with Gasteiger partial charge in [-0.15, -0.1) is 0 Å². The Hall–Kier alpha value is -2.82. The number of carbonyl (C=O) groups excluding carboxylic acids is 2. The highest BCUT2D eigenvalue weighted by atomic mass is 16.6. The number of anilines is 1. The lowest BCUT2D eigenvalue weighted by atomic mass is 10.0. The second kappa shape index (κ2) is 7.82. The maximum absolute atomic E-state index is 12.5. The van der Waals surface area contributed by atoms with Crippen LogP contribution in [0.3, 0.4) is 0 Å². The van der Waals surface area contributed by atoms with Gasteiger partial charge in [-0.2, -0.15) is 0 Å². The molecule has 0 spiro atoms. The summed E-state index contributed by atoms with van der Waals surface area (Å²) in [7, 11) is 0. The highest BCUT2D eigenvalue weighted by Crippen LogP contribution is 2.27. The van der Waals surface area contributed by atoms with Gasteiger partial charge >= 0.3 is 5.97 Å². The minimum absolute atomic E-state index is 0.192. The fraction of sp³-hybridized carbons (Fsp3) is 0.364. The Kier molecular flexibility index (Phi) is 5.10. The summed E-state index contributed by atoms with van der Waals surface area (Å²) in [5.74, 6) is -0.0638. The first-order valence-corrected chi connectivity index (χ1v) is 9.49. The molecule has 4 rings (SSSR count). The van der Waals surface area contributed by atoms with Crippen molar-refractivity contribution in [2.75, 3.05) is 24.7 Å². The summed E-state index contributed by atoms with van der Waals surface area (Å²) in [5, 5.41) is 0. The van der Waals surface area contributed by atoms with Crippen LogP contribution < -0.4 is 9.64 Å². The first-order valence-electron chi connectivity index (χ1n) is 9.49. The quantitative estimate of drug-likeness (QED) is 0.764. The van der Waals surface area contributed by atoms with Crippen LogP contribution in [-0.4, -0.2) is 31.6 Å². The molecule has 5 nitrogen and oxygen atoms in total. The summed E-state index contributed by atoms with van der Waals surface area (Å²) in [6, 6.07) is 13.8. The predicted octanol–water partition coefficient (Wildman–Crippen LogP) is 3.08. The van der Waals surface area contributed by atoms with E-state index in [1.54, 1.807) is 4.90 Å². The molecule has 2 aromatic carbocycles. The summed E-state index contributed by atoms with van der Waals surface area (Å²) < 4.78 is 10.7. The molecule has 0 N–H and O–H groups in total. The van der Waals surface area contributed by atoms with Gasteiger partial charge in [-0.3, -0.25) is 4.79 Å². The molecule has 0 saturated heterocycles. The molecule has 2 aliphatic rings. The summed E-state index contributed by atoms with van der Waals surface area (Å²) in [5.41, 5.74) is 4.72. The van der Waals surface area contributed by atoms with E-state index < -0.39 is 5.97 Å². The number of nitrogens with zero attached hydrogens (tertiary/aromatic N) is 1. The number of hydrogen-bond acceptors (Lipinski definition) is 4. The van der Waals surface area contributed by atoms with E-state index in [2.05, 4.69) is 6.07 Å². The lowest BCUT2D eigenvalue weighted by Crippen LogP contribution is -2.38. The molecule has 0 unspecified atom stereocenters. The number of rotatable bonds is 5. The molecular weight excluding hydrogens is 342 g/mol. The van der Waals surface area contributed by atoms with Crippen LogP contribution in [0.4, 0.5) is 5.69 Å². The third-order valence-corrected chi connectivity index (χ3v) is 5.19. The van der Waals surface area contributed by atoms with Gasteiger partial charge in [0.15, 0.2) is 13.2 Å². The minimum atomic E-state index is -0.533. The van der Waals surface area contributed by atoms with E-state index in [1.807, 2.05) is 36.4 Å². The van der Waals surface area contributed by atoms with E-state index in [9.17, 15) is 9.59 Å². The normalized spacial score (nSPS) is 15.0. The number of benzene rings is 2. The number of amides is 1. The molecular formula is C22H23NO4. The van der Waals surface area contributed by atoms with E-state index in [0.717, 1.165) is 36.9 Å². The lowest BCUT2D eigenvalue weighted by molar-refractivity contribution is -0.149.